The van der Waals surface area contributed by atoms with E-state index in [1.54, 1.807) is 0 Å². The zero-order valence-corrected chi connectivity index (χ0v) is 17.1. The SMILES string of the molecule is CCCCCCCCC[N+]1(C)CCCC1.O=C([O-])c1c(F)c(F)c(F)c(F)c1F. The summed E-state index contributed by atoms with van der Waals surface area (Å²) in [7, 11) is 2.45. The Hall–Kier alpha value is -1.70. The second-order valence-electron chi connectivity index (χ2n) is 7.85. The summed E-state index contributed by atoms with van der Waals surface area (Å²) in [6.45, 7) is 6.61. The molecule has 0 aromatic heterocycles. The maximum absolute atomic E-state index is 12.5. The van der Waals surface area contributed by atoms with Gasteiger partial charge in [0.2, 0.25) is 5.82 Å². The van der Waals surface area contributed by atoms with Gasteiger partial charge in [0.1, 0.15) is 0 Å². The second-order valence-corrected chi connectivity index (χ2v) is 7.85. The van der Waals surface area contributed by atoms with Gasteiger partial charge in [0.05, 0.1) is 38.2 Å². The number of likely N-dealkylation sites (tertiary alicyclic amines) is 1. The van der Waals surface area contributed by atoms with Crippen LogP contribution in [0.25, 0.3) is 0 Å². The highest BCUT2D eigenvalue weighted by Crippen LogP contribution is 2.22. The molecule has 0 N–H and O–H groups in total. The highest BCUT2D eigenvalue weighted by atomic mass is 19.2. The van der Waals surface area contributed by atoms with Crippen molar-refractivity contribution >= 4 is 5.97 Å². The Morgan fingerprint density at radius 2 is 1.21 bits per heavy atom. The molecule has 1 aliphatic heterocycles. The van der Waals surface area contributed by atoms with Gasteiger partial charge in [-0.1, -0.05) is 39.0 Å². The van der Waals surface area contributed by atoms with E-state index in [1.807, 2.05) is 0 Å². The highest BCUT2D eigenvalue weighted by molar-refractivity contribution is 5.86. The molecule has 29 heavy (non-hydrogen) atoms. The zero-order chi connectivity index (χ0) is 22.0. The third kappa shape index (κ3) is 7.57. The molecule has 0 saturated carbocycles. The van der Waals surface area contributed by atoms with E-state index in [0.29, 0.717) is 0 Å². The second kappa shape index (κ2) is 12.1. The first-order chi connectivity index (χ1) is 13.6. The molecule has 1 aliphatic rings. The Balaban J connectivity index is 0.000000291. The van der Waals surface area contributed by atoms with Crippen LogP contribution in [-0.2, 0) is 0 Å². The van der Waals surface area contributed by atoms with E-state index in [2.05, 4.69) is 14.0 Å². The van der Waals surface area contributed by atoms with Gasteiger partial charge in [-0.3, -0.25) is 0 Å². The smallest absolute Gasteiger partial charge is 0.200 e. The molecule has 1 aromatic rings. The van der Waals surface area contributed by atoms with Crippen LogP contribution in [0.15, 0.2) is 0 Å². The van der Waals surface area contributed by atoms with E-state index in [0.717, 1.165) is 0 Å². The van der Waals surface area contributed by atoms with Crippen LogP contribution in [-0.4, -0.2) is 37.1 Å². The average molecular weight is 423 g/mol. The van der Waals surface area contributed by atoms with Gasteiger partial charge in [-0.25, -0.2) is 22.0 Å². The summed E-state index contributed by atoms with van der Waals surface area (Å²) >= 11 is 0. The molecule has 0 bridgehead atoms. The molecular formula is C21H30F5NO2. The van der Waals surface area contributed by atoms with Crippen LogP contribution in [0.2, 0.25) is 0 Å². The quantitative estimate of drug-likeness (QED) is 0.190. The molecule has 0 unspecified atom stereocenters. The Kier molecular flexibility index (Phi) is 10.6. The molecule has 2 rings (SSSR count). The summed E-state index contributed by atoms with van der Waals surface area (Å²) < 4.78 is 63.3. The Bertz CT molecular complexity index is 647. The van der Waals surface area contributed by atoms with Gasteiger partial charge in [-0.2, -0.15) is 0 Å². The molecule has 1 heterocycles. The largest absolute Gasteiger partial charge is 0.545 e. The van der Waals surface area contributed by atoms with Crippen LogP contribution in [0.1, 0.15) is 75.1 Å². The lowest BCUT2D eigenvalue weighted by Crippen LogP contribution is -2.41. The first-order valence-corrected chi connectivity index (χ1v) is 10.2. The van der Waals surface area contributed by atoms with Crippen LogP contribution in [0.3, 0.4) is 0 Å². The number of quaternary nitrogens is 1. The number of carbonyl (C=O) groups excluding carboxylic acids is 1. The summed E-state index contributed by atoms with van der Waals surface area (Å²) in [5.74, 6) is -14.4. The van der Waals surface area contributed by atoms with Crippen molar-refractivity contribution in [2.24, 2.45) is 0 Å². The predicted molar refractivity (Wildman–Crippen MR) is 98.6 cm³/mol. The minimum absolute atomic E-state index is 1.37. The molecule has 0 atom stereocenters. The molecular weight excluding hydrogens is 393 g/mol. The number of carboxylic acids is 1. The highest BCUT2D eigenvalue weighted by Gasteiger charge is 2.26. The van der Waals surface area contributed by atoms with Gasteiger partial charge >= 0.3 is 0 Å². The topological polar surface area (TPSA) is 40.1 Å². The van der Waals surface area contributed by atoms with Crippen molar-refractivity contribution in [3.05, 3.63) is 34.6 Å². The molecule has 0 aliphatic carbocycles. The van der Waals surface area contributed by atoms with E-state index >= 15 is 0 Å². The van der Waals surface area contributed by atoms with Crippen molar-refractivity contribution in [3.63, 3.8) is 0 Å². The van der Waals surface area contributed by atoms with Crippen molar-refractivity contribution in [1.29, 1.82) is 0 Å². The van der Waals surface area contributed by atoms with Crippen LogP contribution in [0, 0.1) is 29.1 Å². The number of hydrogen-bond donors (Lipinski definition) is 0. The van der Waals surface area contributed by atoms with Gasteiger partial charge in [0, 0.05) is 12.8 Å². The maximum Gasteiger partial charge on any atom is 0.200 e. The lowest BCUT2D eigenvalue weighted by atomic mass is 10.1. The van der Waals surface area contributed by atoms with Crippen molar-refractivity contribution in [2.45, 2.75) is 64.7 Å². The number of unbranched alkanes of at least 4 members (excludes halogenated alkanes) is 6. The summed E-state index contributed by atoms with van der Waals surface area (Å²) in [6.07, 6.45) is 13.1. The number of carboxylic acid groups (broad SMARTS) is 1. The normalized spacial score (nSPS) is 15.1. The van der Waals surface area contributed by atoms with Gasteiger partial charge in [-0.05, 0) is 12.8 Å². The monoisotopic (exact) mass is 423 g/mol. The van der Waals surface area contributed by atoms with Crippen LogP contribution >= 0.6 is 0 Å². The molecule has 1 saturated heterocycles. The van der Waals surface area contributed by atoms with Crippen molar-refractivity contribution in [2.75, 3.05) is 26.7 Å². The van der Waals surface area contributed by atoms with Crippen molar-refractivity contribution in [3.8, 4) is 0 Å². The van der Waals surface area contributed by atoms with Crippen LogP contribution in [0.5, 0.6) is 0 Å². The van der Waals surface area contributed by atoms with Crippen LogP contribution in [0.4, 0.5) is 22.0 Å². The van der Waals surface area contributed by atoms with Crippen molar-refractivity contribution < 1.29 is 36.3 Å². The lowest BCUT2D eigenvalue weighted by molar-refractivity contribution is -0.897. The summed E-state index contributed by atoms with van der Waals surface area (Å²) in [4.78, 5) is 10.0. The fourth-order valence-corrected chi connectivity index (χ4v) is 3.56. The summed E-state index contributed by atoms with van der Waals surface area (Å²) in [6, 6.07) is 0. The molecule has 166 valence electrons. The third-order valence-corrected chi connectivity index (χ3v) is 5.36. The Morgan fingerprint density at radius 3 is 1.66 bits per heavy atom. The fraction of sp³-hybridized carbons (Fsp3) is 0.667. The van der Waals surface area contributed by atoms with E-state index in [4.69, 9.17) is 0 Å². The Labute approximate surface area is 169 Å². The van der Waals surface area contributed by atoms with E-state index in [-0.39, 0.29) is 0 Å². The molecule has 1 fully saturated rings. The fourth-order valence-electron chi connectivity index (χ4n) is 3.56. The number of aromatic carboxylic acids is 1. The van der Waals surface area contributed by atoms with E-state index < -0.39 is 40.6 Å². The van der Waals surface area contributed by atoms with Gasteiger partial charge in [0.25, 0.3) is 0 Å². The number of carbonyl (C=O) groups is 1. The standard InChI is InChI=1S/C14H30N.C7HF5O2/c1-3-4-5-6-7-8-9-12-15(2)13-10-11-14-15;8-2-1(7(13)14)3(9)5(11)6(12)4(2)10/h3-14H2,1-2H3;(H,13,14)/q+1;/p-1. The van der Waals surface area contributed by atoms with Gasteiger partial charge in [-0.15, -0.1) is 0 Å². The maximum atomic E-state index is 12.5. The number of rotatable bonds is 9. The van der Waals surface area contributed by atoms with Gasteiger partial charge in [0.15, 0.2) is 23.3 Å². The Morgan fingerprint density at radius 1 is 0.793 bits per heavy atom. The van der Waals surface area contributed by atoms with Crippen LogP contribution < -0.4 is 5.11 Å². The average Bonchev–Trinajstić information content (AvgIpc) is 3.11. The molecule has 8 heteroatoms. The predicted octanol–water partition coefficient (Wildman–Crippen LogP) is 4.72. The summed E-state index contributed by atoms with van der Waals surface area (Å²) in [5.41, 5.74) is -1.97. The first kappa shape index (κ1) is 25.3. The molecule has 0 spiro atoms. The third-order valence-electron chi connectivity index (χ3n) is 5.36. The zero-order valence-electron chi connectivity index (χ0n) is 17.1. The number of halogens is 5. The van der Waals surface area contributed by atoms with Crippen molar-refractivity contribution in [1.82, 2.24) is 0 Å². The number of nitrogens with zero attached hydrogens (tertiary/aromatic N) is 1. The van der Waals surface area contributed by atoms with Gasteiger partial charge < -0.3 is 14.4 Å². The molecule has 0 radical (unpaired) electrons. The number of hydrogen-bond acceptors (Lipinski definition) is 2. The lowest BCUT2D eigenvalue weighted by Gasteiger charge is -2.29. The van der Waals surface area contributed by atoms with E-state index in [9.17, 15) is 31.9 Å². The molecule has 0 amide bonds. The first-order valence-electron chi connectivity index (χ1n) is 10.2. The molecule has 1 aromatic carbocycles. The minimum Gasteiger partial charge on any atom is -0.545 e. The minimum atomic E-state index is -2.47. The molecule has 3 nitrogen and oxygen atoms in total. The van der Waals surface area contributed by atoms with E-state index in [1.165, 1.54) is 81.9 Å². The number of benzene rings is 1. The summed E-state index contributed by atoms with van der Waals surface area (Å²) in [5, 5.41) is 10.0.